The number of hydrogen-bond donors (Lipinski definition) is 2. The zero-order chi connectivity index (χ0) is 12.3. The zero-order valence-corrected chi connectivity index (χ0v) is 9.22. The number of carbonyl (C=O) groups excluding carboxylic acids is 1. The number of aliphatic carboxylic acids is 1. The first kappa shape index (κ1) is 11.4. The van der Waals surface area contributed by atoms with Crippen molar-refractivity contribution >= 4 is 23.4 Å². The highest BCUT2D eigenvalue weighted by Crippen LogP contribution is 2.26. The van der Waals surface area contributed by atoms with Gasteiger partial charge in [-0.05, 0) is 18.6 Å². The average Bonchev–Trinajstić information content (AvgIpc) is 2.28. The monoisotopic (exact) mass is 235 g/mol. The van der Waals surface area contributed by atoms with Gasteiger partial charge in [0.1, 0.15) is 0 Å². The first-order valence-electron chi connectivity index (χ1n) is 5.38. The van der Waals surface area contributed by atoms with Gasteiger partial charge in [-0.2, -0.15) is 0 Å². The summed E-state index contributed by atoms with van der Waals surface area (Å²) in [6, 6.07) is 3.66. The standard InChI is InChI=1S/C11H13N3O3/c15-9-7-14(6-2-4-10(16)17)8-3-1-5-12-11(8)13-9/h1,3,5H,2,4,6-7H2,(H,16,17)(H,12,13,15). The summed E-state index contributed by atoms with van der Waals surface area (Å²) in [4.78, 5) is 27.8. The maximum atomic E-state index is 11.4. The van der Waals surface area contributed by atoms with E-state index in [0.717, 1.165) is 5.69 Å². The topological polar surface area (TPSA) is 82.5 Å². The van der Waals surface area contributed by atoms with Gasteiger partial charge in [0.25, 0.3) is 0 Å². The van der Waals surface area contributed by atoms with Gasteiger partial charge in [-0.3, -0.25) is 9.59 Å². The number of nitrogens with zero attached hydrogens (tertiary/aromatic N) is 2. The minimum atomic E-state index is -0.821. The molecular weight excluding hydrogens is 222 g/mol. The van der Waals surface area contributed by atoms with Crippen molar-refractivity contribution in [1.29, 1.82) is 0 Å². The molecule has 1 aliphatic heterocycles. The molecule has 90 valence electrons. The van der Waals surface area contributed by atoms with E-state index in [0.29, 0.717) is 18.8 Å². The van der Waals surface area contributed by atoms with Crippen LogP contribution < -0.4 is 10.2 Å². The predicted molar refractivity (Wildman–Crippen MR) is 61.9 cm³/mol. The van der Waals surface area contributed by atoms with Gasteiger partial charge in [-0.1, -0.05) is 0 Å². The Morgan fingerprint density at radius 3 is 3.18 bits per heavy atom. The van der Waals surface area contributed by atoms with Crippen LogP contribution in [0.3, 0.4) is 0 Å². The van der Waals surface area contributed by atoms with Crippen molar-refractivity contribution in [1.82, 2.24) is 4.98 Å². The fourth-order valence-electron chi connectivity index (χ4n) is 1.80. The van der Waals surface area contributed by atoms with Gasteiger partial charge in [0.05, 0.1) is 12.2 Å². The fraction of sp³-hybridized carbons (Fsp3) is 0.364. The highest BCUT2D eigenvalue weighted by molar-refractivity contribution is 5.99. The molecule has 2 heterocycles. The van der Waals surface area contributed by atoms with Crippen LogP contribution in [0.15, 0.2) is 18.3 Å². The molecule has 0 spiro atoms. The van der Waals surface area contributed by atoms with Crippen LogP contribution in [0.5, 0.6) is 0 Å². The Morgan fingerprint density at radius 1 is 1.59 bits per heavy atom. The Balaban J connectivity index is 2.07. The number of carboxylic acids is 1. The number of anilines is 2. The maximum absolute atomic E-state index is 11.4. The predicted octanol–water partition coefficient (Wildman–Crippen LogP) is 0.705. The average molecular weight is 235 g/mol. The number of amides is 1. The molecule has 1 aliphatic rings. The lowest BCUT2D eigenvalue weighted by molar-refractivity contribution is -0.137. The third kappa shape index (κ3) is 2.72. The van der Waals surface area contributed by atoms with Gasteiger partial charge in [0.2, 0.25) is 5.91 Å². The lowest BCUT2D eigenvalue weighted by Gasteiger charge is -2.29. The second kappa shape index (κ2) is 4.82. The third-order valence-corrected chi connectivity index (χ3v) is 2.54. The molecule has 1 aromatic heterocycles. The lowest BCUT2D eigenvalue weighted by atomic mass is 10.2. The second-order valence-corrected chi connectivity index (χ2v) is 3.84. The van der Waals surface area contributed by atoms with Crippen molar-refractivity contribution in [2.45, 2.75) is 12.8 Å². The van der Waals surface area contributed by atoms with E-state index in [1.165, 1.54) is 0 Å². The summed E-state index contributed by atoms with van der Waals surface area (Å²) in [7, 11) is 0. The molecule has 0 saturated carbocycles. The molecule has 1 aromatic rings. The van der Waals surface area contributed by atoms with Crippen molar-refractivity contribution in [2.75, 3.05) is 23.3 Å². The molecule has 0 atom stereocenters. The van der Waals surface area contributed by atoms with Crippen LogP contribution in [0.4, 0.5) is 11.5 Å². The number of rotatable bonds is 4. The van der Waals surface area contributed by atoms with Crippen LogP contribution in [-0.4, -0.2) is 35.1 Å². The smallest absolute Gasteiger partial charge is 0.303 e. The largest absolute Gasteiger partial charge is 0.481 e. The number of carboxylic acid groups (broad SMARTS) is 1. The Hall–Kier alpha value is -2.11. The van der Waals surface area contributed by atoms with E-state index in [1.807, 2.05) is 11.0 Å². The van der Waals surface area contributed by atoms with Gasteiger partial charge in [-0.15, -0.1) is 0 Å². The summed E-state index contributed by atoms with van der Waals surface area (Å²) in [5, 5.41) is 11.3. The van der Waals surface area contributed by atoms with Gasteiger partial charge in [-0.25, -0.2) is 4.98 Å². The molecular formula is C11H13N3O3. The summed E-state index contributed by atoms with van der Waals surface area (Å²) >= 11 is 0. The molecule has 2 rings (SSSR count). The molecule has 0 fully saturated rings. The molecule has 0 unspecified atom stereocenters. The first-order valence-corrected chi connectivity index (χ1v) is 5.38. The Bertz CT molecular complexity index is 447. The van der Waals surface area contributed by atoms with Gasteiger partial charge >= 0.3 is 5.97 Å². The van der Waals surface area contributed by atoms with Crippen molar-refractivity contribution < 1.29 is 14.7 Å². The van der Waals surface area contributed by atoms with Crippen molar-refractivity contribution in [3.63, 3.8) is 0 Å². The number of fused-ring (bicyclic) bond motifs is 1. The molecule has 0 aliphatic carbocycles. The summed E-state index contributed by atoms with van der Waals surface area (Å²) in [5.74, 6) is -0.400. The Labute approximate surface area is 98.3 Å². The summed E-state index contributed by atoms with van der Waals surface area (Å²) in [6.45, 7) is 0.788. The van der Waals surface area contributed by atoms with Crippen LogP contribution in [-0.2, 0) is 9.59 Å². The number of hydrogen-bond acceptors (Lipinski definition) is 4. The Kier molecular flexibility index (Phi) is 3.22. The van der Waals surface area contributed by atoms with Crippen molar-refractivity contribution in [2.24, 2.45) is 0 Å². The van der Waals surface area contributed by atoms with Crippen LogP contribution >= 0.6 is 0 Å². The quantitative estimate of drug-likeness (QED) is 0.802. The van der Waals surface area contributed by atoms with Gasteiger partial charge in [0.15, 0.2) is 5.82 Å². The molecule has 6 heteroatoms. The minimum absolute atomic E-state index is 0.105. The molecule has 0 aromatic carbocycles. The molecule has 0 saturated heterocycles. The van der Waals surface area contributed by atoms with Gasteiger partial charge < -0.3 is 15.3 Å². The van der Waals surface area contributed by atoms with E-state index in [1.54, 1.807) is 12.3 Å². The van der Waals surface area contributed by atoms with E-state index in [9.17, 15) is 9.59 Å². The SMILES string of the molecule is O=C(O)CCCN1CC(=O)Nc2ncccc21. The highest BCUT2D eigenvalue weighted by Gasteiger charge is 2.22. The number of nitrogens with one attached hydrogen (secondary N) is 1. The number of aromatic nitrogens is 1. The molecule has 0 radical (unpaired) electrons. The van der Waals surface area contributed by atoms with E-state index >= 15 is 0 Å². The van der Waals surface area contributed by atoms with Gasteiger partial charge in [0, 0.05) is 19.2 Å². The fourth-order valence-corrected chi connectivity index (χ4v) is 1.80. The molecule has 6 nitrogen and oxygen atoms in total. The van der Waals surface area contributed by atoms with E-state index in [4.69, 9.17) is 5.11 Å². The summed E-state index contributed by atoms with van der Waals surface area (Å²) in [6.07, 6.45) is 2.23. The van der Waals surface area contributed by atoms with Crippen molar-refractivity contribution in [3.05, 3.63) is 18.3 Å². The Morgan fingerprint density at radius 2 is 2.41 bits per heavy atom. The van der Waals surface area contributed by atoms with E-state index < -0.39 is 5.97 Å². The molecule has 17 heavy (non-hydrogen) atoms. The number of pyridine rings is 1. The molecule has 1 amide bonds. The maximum Gasteiger partial charge on any atom is 0.303 e. The van der Waals surface area contributed by atoms with Crippen LogP contribution in [0.2, 0.25) is 0 Å². The zero-order valence-electron chi connectivity index (χ0n) is 9.22. The molecule has 2 N–H and O–H groups in total. The molecule has 0 bridgehead atoms. The third-order valence-electron chi connectivity index (χ3n) is 2.54. The van der Waals surface area contributed by atoms with Crippen LogP contribution in [0, 0.1) is 0 Å². The van der Waals surface area contributed by atoms with Crippen LogP contribution in [0.1, 0.15) is 12.8 Å². The van der Waals surface area contributed by atoms with E-state index in [-0.39, 0.29) is 18.9 Å². The van der Waals surface area contributed by atoms with E-state index in [2.05, 4.69) is 10.3 Å². The first-order chi connectivity index (χ1) is 8.16. The minimum Gasteiger partial charge on any atom is -0.481 e. The number of carbonyl (C=O) groups is 2. The lowest BCUT2D eigenvalue weighted by Crippen LogP contribution is -2.39. The summed E-state index contributed by atoms with van der Waals surface area (Å²) in [5.41, 5.74) is 0.845. The summed E-state index contributed by atoms with van der Waals surface area (Å²) < 4.78 is 0. The van der Waals surface area contributed by atoms with Crippen LogP contribution in [0.25, 0.3) is 0 Å². The van der Waals surface area contributed by atoms with Crippen molar-refractivity contribution in [3.8, 4) is 0 Å². The highest BCUT2D eigenvalue weighted by atomic mass is 16.4. The normalized spacial score (nSPS) is 14.1. The second-order valence-electron chi connectivity index (χ2n) is 3.84.